The van der Waals surface area contributed by atoms with Crippen LogP contribution in [0.1, 0.15) is 5.56 Å². The maximum absolute atomic E-state index is 12.6. The molecule has 4 rings (SSSR count). The van der Waals surface area contributed by atoms with E-state index in [1.54, 1.807) is 60.7 Å². The van der Waals surface area contributed by atoms with E-state index >= 15 is 0 Å². The molecule has 40 heavy (non-hydrogen) atoms. The fourth-order valence-electron chi connectivity index (χ4n) is 4.17. The molecule has 0 saturated carbocycles. The van der Waals surface area contributed by atoms with Gasteiger partial charge in [0.05, 0.1) is 33.9 Å². The van der Waals surface area contributed by atoms with Crippen LogP contribution in [0.15, 0.2) is 72.8 Å². The smallest absolute Gasteiger partial charge is 0.330 e. The fraction of sp³-hybridized carbons (Fsp3) is 0.300. The molecule has 0 aromatic heterocycles. The van der Waals surface area contributed by atoms with Gasteiger partial charge in [-0.15, -0.1) is 0 Å². The number of phenols is 1. The van der Waals surface area contributed by atoms with Gasteiger partial charge < -0.3 is 43.4 Å². The van der Waals surface area contributed by atoms with Gasteiger partial charge in [-0.3, -0.25) is 0 Å². The number of carbonyl (C=O) groups is 1. The zero-order valence-electron chi connectivity index (χ0n) is 22.4. The summed E-state index contributed by atoms with van der Waals surface area (Å²) in [6, 6.07) is 18.7. The van der Waals surface area contributed by atoms with Crippen LogP contribution in [0.25, 0.3) is 6.08 Å². The maximum atomic E-state index is 12.6. The lowest BCUT2D eigenvalue weighted by Gasteiger charge is -2.30. The summed E-state index contributed by atoms with van der Waals surface area (Å²) in [6.45, 7) is -0.536. The molecule has 10 nitrogen and oxygen atoms in total. The highest BCUT2D eigenvalue weighted by atomic mass is 16.7. The Bertz CT molecular complexity index is 1320. The number of para-hydroxylation sites is 4. The van der Waals surface area contributed by atoms with Crippen molar-refractivity contribution in [3.8, 4) is 34.5 Å². The molecule has 3 atom stereocenters. The molecule has 1 saturated heterocycles. The van der Waals surface area contributed by atoms with Crippen LogP contribution in [0.2, 0.25) is 0 Å². The first-order valence-electron chi connectivity index (χ1n) is 12.5. The summed E-state index contributed by atoms with van der Waals surface area (Å²) in [5, 5.41) is 21.4. The first-order chi connectivity index (χ1) is 19.4. The summed E-state index contributed by atoms with van der Waals surface area (Å²) in [5.41, 5.74) is -0.947. The van der Waals surface area contributed by atoms with E-state index in [4.69, 9.17) is 33.2 Å². The number of aliphatic hydroxyl groups is 1. The van der Waals surface area contributed by atoms with Gasteiger partial charge in [0.1, 0.15) is 18.8 Å². The number of esters is 1. The van der Waals surface area contributed by atoms with E-state index in [0.29, 0.717) is 28.6 Å². The highest BCUT2D eigenvalue weighted by molar-refractivity contribution is 5.87. The Morgan fingerprint density at radius 1 is 0.925 bits per heavy atom. The van der Waals surface area contributed by atoms with Crippen LogP contribution < -0.4 is 23.7 Å². The Labute approximate surface area is 232 Å². The van der Waals surface area contributed by atoms with Gasteiger partial charge in [0, 0.05) is 6.08 Å². The van der Waals surface area contributed by atoms with E-state index in [9.17, 15) is 15.0 Å². The van der Waals surface area contributed by atoms with Crippen LogP contribution >= 0.6 is 0 Å². The minimum absolute atomic E-state index is 0.0147. The molecular formula is C30H32O10. The fourth-order valence-corrected chi connectivity index (χ4v) is 4.17. The number of carbonyl (C=O) groups excluding carboxylic acids is 1. The van der Waals surface area contributed by atoms with Crippen molar-refractivity contribution in [1.82, 2.24) is 0 Å². The molecule has 0 amide bonds. The van der Waals surface area contributed by atoms with Gasteiger partial charge in [0.2, 0.25) is 6.29 Å². The molecule has 2 N–H and O–H groups in total. The molecule has 3 aromatic carbocycles. The first kappa shape index (κ1) is 28.6. The summed E-state index contributed by atoms with van der Waals surface area (Å²) in [5.74, 6) is 0.619. The summed E-state index contributed by atoms with van der Waals surface area (Å²) >= 11 is 0. The number of phenolic OH excluding ortho intramolecular Hbond substituents is 1. The minimum Gasteiger partial charge on any atom is -0.504 e. The van der Waals surface area contributed by atoms with E-state index in [-0.39, 0.29) is 31.3 Å². The van der Waals surface area contributed by atoms with Gasteiger partial charge >= 0.3 is 5.97 Å². The van der Waals surface area contributed by atoms with E-state index < -0.39 is 23.8 Å². The third-order valence-corrected chi connectivity index (χ3v) is 6.40. The van der Waals surface area contributed by atoms with E-state index in [1.165, 1.54) is 39.5 Å². The highest BCUT2D eigenvalue weighted by Crippen LogP contribution is 2.37. The quantitative estimate of drug-likeness (QED) is 0.253. The molecular weight excluding hydrogens is 520 g/mol. The van der Waals surface area contributed by atoms with Crippen LogP contribution in [0, 0.1) is 5.92 Å². The molecule has 0 spiro atoms. The van der Waals surface area contributed by atoms with Gasteiger partial charge in [-0.2, -0.15) is 0 Å². The molecule has 0 bridgehead atoms. The van der Waals surface area contributed by atoms with Crippen molar-refractivity contribution < 1.29 is 48.2 Å². The molecule has 0 unspecified atom stereocenters. The van der Waals surface area contributed by atoms with Gasteiger partial charge in [0.25, 0.3) is 0 Å². The molecule has 10 heteroatoms. The average Bonchev–Trinajstić information content (AvgIpc) is 3.29. The van der Waals surface area contributed by atoms with Crippen molar-refractivity contribution in [2.24, 2.45) is 5.92 Å². The average molecular weight is 553 g/mol. The minimum atomic E-state index is -1.57. The molecule has 3 aromatic rings. The van der Waals surface area contributed by atoms with Crippen molar-refractivity contribution in [3.05, 3.63) is 78.4 Å². The topological polar surface area (TPSA) is 122 Å². The number of rotatable bonds is 12. The molecule has 1 heterocycles. The zero-order valence-corrected chi connectivity index (χ0v) is 22.4. The third kappa shape index (κ3) is 6.77. The molecule has 0 aliphatic carbocycles. The van der Waals surface area contributed by atoms with E-state index in [1.807, 2.05) is 0 Å². The van der Waals surface area contributed by atoms with Crippen molar-refractivity contribution >= 4 is 12.0 Å². The van der Waals surface area contributed by atoms with E-state index in [2.05, 4.69) is 0 Å². The van der Waals surface area contributed by atoms with Crippen molar-refractivity contribution in [1.29, 1.82) is 0 Å². The standard InChI is InChI=1S/C30H32O10/c1-34-23-8-4-6-10-25(23)38-18-30(33)19-39-29(40-26-11-7-5-9-24(26)35-2)21(30)17-37-28(32)15-13-20-12-14-22(31)27(16-20)36-3/h4-16,21,29,31,33H,17-19H2,1-3H3/b15-13+/t21-,29+,30-/m1/s1. The van der Waals surface area contributed by atoms with Gasteiger partial charge in [-0.25, -0.2) is 4.79 Å². The number of methoxy groups -OCH3 is 3. The second-order valence-electron chi connectivity index (χ2n) is 8.99. The Kier molecular flexibility index (Phi) is 9.36. The summed E-state index contributed by atoms with van der Waals surface area (Å²) in [4.78, 5) is 12.6. The number of ether oxygens (including phenoxy) is 7. The maximum Gasteiger partial charge on any atom is 0.330 e. The van der Waals surface area contributed by atoms with Crippen LogP contribution in [0.5, 0.6) is 34.5 Å². The lowest BCUT2D eigenvalue weighted by Crippen LogP contribution is -2.48. The lowest BCUT2D eigenvalue weighted by molar-refractivity contribution is -0.146. The second-order valence-corrected chi connectivity index (χ2v) is 8.99. The number of aromatic hydroxyl groups is 1. The summed E-state index contributed by atoms with van der Waals surface area (Å²) < 4.78 is 39.1. The molecule has 1 aliphatic heterocycles. The van der Waals surface area contributed by atoms with Gasteiger partial charge in [0.15, 0.2) is 34.5 Å². The van der Waals surface area contributed by atoms with Gasteiger partial charge in [-0.1, -0.05) is 30.3 Å². The zero-order chi connectivity index (χ0) is 28.5. The van der Waals surface area contributed by atoms with Crippen LogP contribution in [-0.4, -0.2) is 69.2 Å². The monoisotopic (exact) mass is 552 g/mol. The second kappa shape index (κ2) is 13.1. The predicted molar refractivity (Wildman–Crippen MR) is 145 cm³/mol. The Morgan fingerprint density at radius 2 is 1.55 bits per heavy atom. The van der Waals surface area contributed by atoms with Crippen molar-refractivity contribution in [2.45, 2.75) is 11.9 Å². The Hall–Kier alpha value is -4.41. The van der Waals surface area contributed by atoms with E-state index in [0.717, 1.165) is 0 Å². The molecule has 212 valence electrons. The number of benzene rings is 3. The van der Waals surface area contributed by atoms with Crippen molar-refractivity contribution in [2.75, 3.05) is 41.2 Å². The lowest BCUT2D eigenvalue weighted by atomic mass is 9.91. The van der Waals surface area contributed by atoms with Crippen LogP contribution in [0.4, 0.5) is 0 Å². The number of hydrogen-bond acceptors (Lipinski definition) is 10. The highest BCUT2D eigenvalue weighted by Gasteiger charge is 2.52. The van der Waals surface area contributed by atoms with Crippen LogP contribution in [-0.2, 0) is 14.3 Å². The molecule has 1 aliphatic rings. The number of hydrogen-bond donors (Lipinski definition) is 2. The predicted octanol–water partition coefficient (Wildman–Crippen LogP) is 3.84. The normalized spacial score (nSPS) is 20.2. The molecule has 0 radical (unpaired) electrons. The summed E-state index contributed by atoms with van der Waals surface area (Å²) in [6.07, 6.45) is 1.79. The molecule has 1 fully saturated rings. The largest absolute Gasteiger partial charge is 0.504 e. The van der Waals surface area contributed by atoms with Crippen LogP contribution in [0.3, 0.4) is 0 Å². The van der Waals surface area contributed by atoms with Crippen molar-refractivity contribution in [3.63, 3.8) is 0 Å². The Balaban J connectivity index is 1.49. The third-order valence-electron chi connectivity index (χ3n) is 6.40. The first-order valence-corrected chi connectivity index (χ1v) is 12.5. The Morgan fingerprint density at radius 3 is 2.23 bits per heavy atom. The summed E-state index contributed by atoms with van der Waals surface area (Å²) in [7, 11) is 4.48. The van der Waals surface area contributed by atoms with Gasteiger partial charge in [-0.05, 0) is 48.0 Å². The SMILES string of the molecule is COc1cc(/C=C/C(=O)OC[C@@H]2[C@H](Oc3ccccc3OC)OC[C@]2(O)COc2ccccc2OC)ccc1O.